The molecule has 1 aliphatic heterocycles. The van der Waals surface area contributed by atoms with Crippen molar-refractivity contribution in [2.24, 2.45) is 4.99 Å². The number of nitrogens with zero attached hydrogens (tertiary/aromatic N) is 1. The van der Waals surface area contributed by atoms with Crippen LogP contribution in [0.3, 0.4) is 0 Å². The topological polar surface area (TPSA) is 59.9 Å². The third-order valence-corrected chi connectivity index (χ3v) is 4.58. The van der Waals surface area contributed by atoms with Crippen LogP contribution in [-0.2, 0) is 4.79 Å². The molecule has 1 saturated heterocycles. The van der Waals surface area contributed by atoms with Gasteiger partial charge in [0.15, 0.2) is 16.7 Å². The van der Waals surface area contributed by atoms with E-state index in [9.17, 15) is 4.79 Å². The Morgan fingerprint density at radius 1 is 1.19 bits per heavy atom. The second-order valence-corrected chi connectivity index (χ2v) is 6.69. The second kappa shape index (κ2) is 8.10. The summed E-state index contributed by atoms with van der Waals surface area (Å²) in [4.78, 5) is 17.3. The summed E-state index contributed by atoms with van der Waals surface area (Å²) in [5.41, 5.74) is 2.80. The van der Waals surface area contributed by atoms with E-state index in [1.54, 1.807) is 7.11 Å². The van der Waals surface area contributed by atoms with Crippen LogP contribution in [0.25, 0.3) is 6.08 Å². The molecule has 5 nitrogen and oxygen atoms in total. The summed E-state index contributed by atoms with van der Waals surface area (Å²) in [6.07, 6.45) is 1.82. The van der Waals surface area contributed by atoms with E-state index in [0.717, 1.165) is 16.8 Å². The van der Waals surface area contributed by atoms with Crippen molar-refractivity contribution in [3.05, 3.63) is 58.5 Å². The minimum Gasteiger partial charge on any atom is -0.493 e. The minimum atomic E-state index is -0.158. The van der Waals surface area contributed by atoms with E-state index in [1.807, 2.05) is 62.4 Å². The van der Waals surface area contributed by atoms with Crippen LogP contribution in [-0.4, -0.2) is 24.8 Å². The number of rotatable bonds is 5. The van der Waals surface area contributed by atoms with Crippen LogP contribution < -0.4 is 14.8 Å². The number of hydrogen-bond acceptors (Lipinski definition) is 5. The summed E-state index contributed by atoms with van der Waals surface area (Å²) in [5, 5.41) is 3.38. The van der Waals surface area contributed by atoms with Crippen molar-refractivity contribution >= 4 is 34.6 Å². The molecular weight excluding hydrogens is 348 g/mol. The average molecular weight is 368 g/mol. The highest BCUT2D eigenvalue weighted by molar-refractivity contribution is 8.18. The fourth-order valence-corrected chi connectivity index (χ4v) is 3.34. The van der Waals surface area contributed by atoms with Gasteiger partial charge in [-0.1, -0.05) is 18.2 Å². The third-order valence-electron chi connectivity index (χ3n) is 3.67. The molecule has 1 heterocycles. The number of aryl methyl sites for hydroxylation is 1. The Bertz CT molecular complexity index is 890. The first-order chi connectivity index (χ1) is 12.6. The Morgan fingerprint density at radius 2 is 2.04 bits per heavy atom. The van der Waals surface area contributed by atoms with E-state index >= 15 is 0 Å². The summed E-state index contributed by atoms with van der Waals surface area (Å²) in [5.74, 6) is 1.16. The van der Waals surface area contributed by atoms with Crippen molar-refractivity contribution in [2.75, 3.05) is 13.7 Å². The maximum Gasteiger partial charge on any atom is 0.264 e. The molecule has 1 fully saturated rings. The fourth-order valence-electron chi connectivity index (χ4n) is 2.50. The van der Waals surface area contributed by atoms with Gasteiger partial charge in [0.25, 0.3) is 5.91 Å². The lowest BCUT2D eigenvalue weighted by Crippen LogP contribution is -2.19. The molecule has 1 N–H and O–H groups in total. The molecule has 0 spiro atoms. The van der Waals surface area contributed by atoms with Crippen molar-refractivity contribution in [3.63, 3.8) is 0 Å². The molecular formula is C20H20N2O3S. The zero-order valence-electron chi connectivity index (χ0n) is 14.9. The lowest BCUT2D eigenvalue weighted by molar-refractivity contribution is -0.115. The van der Waals surface area contributed by atoms with Crippen molar-refractivity contribution in [1.82, 2.24) is 5.32 Å². The first-order valence-electron chi connectivity index (χ1n) is 8.26. The maximum absolute atomic E-state index is 12.2. The highest BCUT2D eigenvalue weighted by Crippen LogP contribution is 2.32. The van der Waals surface area contributed by atoms with Gasteiger partial charge in [0.05, 0.1) is 24.3 Å². The Hall–Kier alpha value is -2.73. The molecule has 2 aromatic carbocycles. The van der Waals surface area contributed by atoms with Gasteiger partial charge in [-0.05, 0) is 67.1 Å². The van der Waals surface area contributed by atoms with Crippen LogP contribution >= 0.6 is 11.8 Å². The number of amides is 1. The van der Waals surface area contributed by atoms with E-state index < -0.39 is 0 Å². The Balaban J connectivity index is 1.82. The van der Waals surface area contributed by atoms with Crippen molar-refractivity contribution in [3.8, 4) is 11.5 Å². The van der Waals surface area contributed by atoms with E-state index in [2.05, 4.69) is 10.3 Å². The van der Waals surface area contributed by atoms with Crippen LogP contribution in [0.4, 0.5) is 5.69 Å². The molecule has 3 rings (SSSR count). The summed E-state index contributed by atoms with van der Waals surface area (Å²) < 4.78 is 10.9. The molecule has 134 valence electrons. The first kappa shape index (κ1) is 18.1. The van der Waals surface area contributed by atoms with Crippen molar-refractivity contribution in [1.29, 1.82) is 0 Å². The van der Waals surface area contributed by atoms with Gasteiger partial charge in [0.2, 0.25) is 0 Å². The molecule has 2 aromatic rings. The van der Waals surface area contributed by atoms with Crippen LogP contribution in [0.15, 0.2) is 52.4 Å². The smallest absolute Gasteiger partial charge is 0.264 e. The normalized spacial score (nSPS) is 16.8. The summed E-state index contributed by atoms with van der Waals surface area (Å²) in [7, 11) is 1.60. The minimum absolute atomic E-state index is 0.158. The maximum atomic E-state index is 12.2. The van der Waals surface area contributed by atoms with E-state index in [0.29, 0.717) is 28.2 Å². The lowest BCUT2D eigenvalue weighted by atomic mass is 10.2. The molecule has 1 aliphatic rings. The van der Waals surface area contributed by atoms with Gasteiger partial charge >= 0.3 is 0 Å². The molecule has 0 atom stereocenters. The van der Waals surface area contributed by atoms with Gasteiger partial charge in [-0.25, -0.2) is 4.99 Å². The van der Waals surface area contributed by atoms with Gasteiger partial charge in [0, 0.05) is 0 Å². The van der Waals surface area contributed by atoms with Crippen LogP contribution in [0.1, 0.15) is 18.1 Å². The van der Waals surface area contributed by atoms with Crippen LogP contribution in [0.2, 0.25) is 0 Å². The molecule has 0 unspecified atom stereocenters. The number of thioether (sulfide) groups is 1. The van der Waals surface area contributed by atoms with Gasteiger partial charge in [0.1, 0.15) is 0 Å². The summed E-state index contributed by atoms with van der Waals surface area (Å²) in [6.45, 7) is 4.49. The number of aliphatic imine (C=N–C) groups is 1. The van der Waals surface area contributed by atoms with E-state index in [1.165, 1.54) is 11.8 Å². The Kier molecular flexibility index (Phi) is 5.63. The Labute approximate surface area is 157 Å². The number of benzene rings is 2. The molecule has 0 saturated carbocycles. The molecule has 26 heavy (non-hydrogen) atoms. The second-order valence-electron chi connectivity index (χ2n) is 5.66. The SMILES string of the molecule is CCOc1ccc(/C=C2/SC(=Nc3cccc(C)c3)NC2=O)cc1OC. The Morgan fingerprint density at radius 3 is 2.77 bits per heavy atom. The molecule has 0 radical (unpaired) electrons. The summed E-state index contributed by atoms with van der Waals surface area (Å²) in [6, 6.07) is 13.4. The van der Waals surface area contributed by atoms with E-state index in [-0.39, 0.29) is 5.91 Å². The number of carbonyl (C=O) groups is 1. The first-order valence-corrected chi connectivity index (χ1v) is 9.08. The molecule has 0 bridgehead atoms. The monoisotopic (exact) mass is 368 g/mol. The highest BCUT2D eigenvalue weighted by Gasteiger charge is 2.24. The van der Waals surface area contributed by atoms with Gasteiger partial charge in [-0.3, -0.25) is 4.79 Å². The van der Waals surface area contributed by atoms with Gasteiger partial charge in [-0.2, -0.15) is 0 Å². The van der Waals surface area contributed by atoms with Gasteiger partial charge < -0.3 is 14.8 Å². The number of amidine groups is 1. The molecule has 0 aromatic heterocycles. The van der Waals surface area contributed by atoms with Crippen LogP contribution in [0.5, 0.6) is 11.5 Å². The molecule has 6 heteroatoms. The predicted octanol–water partition coefficient (Wildman–Crippen LogP) is 4.29. The number of hydrogen-bond donors (Lipinski definition) is 1. The standard InChI is InChI=1S/C20H20N2O3S/c1-4-25-16-9-8-14(11-17(16)24-3)12-18-19(23)22-20(26-18)21-15-7-5-6-13(2)10-15/h5-12H,4H2,1-3H3,(H,21,22,23)/b18-12+. The third kappa shape index (κ3) is 4.26. The van der Waals surface area contributed by atoms with E-state index in [4.69, 9.17) is 9.47 Å². The van der Waals surface area contributed by atoms with Crippen molar-refractivity contribution < 1.29 is 14.3 Å². The molecule has 0 aliphatic carbocycles. The highest BCUT2D eigenvalue weighted by atomic mass is 32.2. The lowest BCUT2D eigenvalue weighted by Gasteiger charge is -2.09. The van der Waals surface area contributed by atoms with Crippen molar-refractivity contribution in [2.45, 2.75) is 13.8 Å². The van der Waals surface area contributed by atoms with Crippen LogP contribution in [0, 0.1) is 6.92 Å². The largest absolute Gasteiger partial charge is 0.493 e. The fraction of sp³-hybridized carbons (Fsp3) is 0.200. The quantitative estimate of drug-likeness (QED) is 0.800. The number of nitrogens with one attached hydrogen (secondary N) is 1. The van der Waals surface area contributed by atoms with Gasteiger partial charge in [-0.15, -0.1) is 0 Å². The zero-order chi connectivity index (χ0) is 18.5. The summed E-state index contributed by atoms with van der Waals surface area (Å²) >= 11 is 1.32. The predicted molar refractivity (Wildman–Crippen MR) is 106 cm³/mol. The number of carbonyl (C=O) groups excluding carboxylic acids is 1. The molecule has 1 amide bonds. The number of ether oxygens (including phenoxy) is 2. The number of methoxy groups -OCH3 is 1. The average Bonchev–Trinajstić information content (AvgIpc) is 2.95. The zero-order valence-corrected chi connectivity index (χ0v) is 15.7.